The maximum absolute atomic E-state index is 12.3. The molecule has 1 aromatic rings. The quantitative estimate of drug-likeness (QED) is 0.849. The number of carbonyl (C=O) groups excluding carboxylic acids is 1. The van der Waals surface area contributed by atoms with E-state index < -0.39 is 0 Å². The molecular weight excluding hydrogens is 228 g/mol. The maximum atomic E-state index is 12.3. The highest BCUT2D eigenvalue weighted by atomic mass is 16.2. The van der Waals surface area contributed by atoms with Crippen molar-refractivity contribution in [3.05, 3.63) is 23.5 Å². The molecule has 0 aliphatic carbocycles. The van der Waals surface area contributed by atoms with Crippen molar-refractivity contribution in [1.29, 1.82) is 0 Å². The van der Waals surface area contributed by atoms with Gasteiger partial charge in [0.05, 0.1) is 11.3 Å². The first-order valence-electron chi connectivity index (χ1n) is 6.00. The summed E-state index contributed by atoms with van der Waals surface area (Å²) in [5.41, 5.74) is 2.33. The van der Waals surface area contributed by atoms with Gasteiger partial charge in [0.1, 0.15) is 0 Å². The molecule has 0 aliphatic heterocycles. The van der Waals surface area contributed by atoms with Crippen molar-refractivity contribution in [1.82, 2.24) is 14.8 Å². The molecule has 0 unspecified atom stereocenters. The molecule has 0 saturated carbocycles. The SMILES string of the molecule is CNc1cc(C)ncc1C(=O)N(C)CCN(C)C. The van der Waals surface area contributed by atoms with Gasteiger partial charge in [0, 0.05) is 39.1 Å². The Morgan fingerprint density at radius 3 is 2.56 bits per heavy atom. The van der Waals surface area contributed by atoms with Crippen LogP contribution in [0.3, 0.4) is 0 Å². The van der Waals surface area contributed by atoms with Crippen LogP contribution in [-0.4, -0.2) is 62.0 Å². The smallest absolute Gasteiger partial charge is 0.257 e. The predicted molar refractivity (Wildman–Crippen MR) is 74.0 cm³/mol. The number of hydrogen-bond acceptors (Lipinski definition) is 4. The van der Waals surface area contributed by atoms with Crippen molar-refractivity contribution in [3.8, 4) is 0 Å². The van der Waals surface area contributed by atoms with Crippen LogP contribution in [0.5, 0.6) is 0 Å². The fourth-order valence-corrected chi connectivity index (χ4v) is 1.59. The van der Waals surface area contributed by atoms with Gasteiger partial charge in [-0.15, -0.1) is 0 Å². The molecule has 0 spiro atoms. The zero-order valence-electron chi connectivity index (χ0n) is 11.8. The van der Waals surface area contributed by atoms with E-state index in [1.807, 2.05) is 41.2 Å². The molecule has 1 amide bonds. The van der Waals surface area contributed by atoms with E-state index in [2.05, 4.69) is 15.2 Å². The normalized spacial score (nSPS) is 10.6. The van der Waals surface area contributed by atoms with Crippen LogP contribution < -0.4 is 5.32 Å². The topological polar surface area (TPSA) is 48.5 Å². The van der Waals surface area contributed by atoms with Gasteiger partial charge in [0.15, 0.2) is 0 Å². The molecule has 1 rings (SSSR count). The maximum Gasteiger partial charge on any atom is 0.257 e. The minimum absolute atomic E-state index is 0.00583. The van der Waals surface area contributed by atoms with Gasteiger partial charge in [0.2, 0.25) is 0 Å². The Morgan fingerprint density at radius 1 is 1.33 bits per heavy atom. The highest BCUT2D eigenvalue weighted by Gasteiger charge is 2.16. The number of hydrogen-bond donors (Lipinski definition) is 1. The molecule has 0 radical (unpaired) electrons. The first kappa shape index (κ1) is 14.4. The Morgan fingerprint density at radius 2 is 2.00 bits per heavy atom. The number of aromatic nitrogens is 1. The number of rotatable bonds is 5. The van der Waals surface area contributed by atoms with Crippen LogP contribution in [0, 0.1) is 6.92 Å². The summed E-state index contributed by atoms with van der Waals surface area (Å²) in [7, 11) is 7.60. The van der Waals surface area contributed by atoms with Crippen molar-refractivity contribution in [2.45, 2.75) is 6.92 Å². The second-order valence-corrected chi connectivity index (χ2v) is 4.65. The highest BCUT2D eigenvalue weighted by Crippen LogP contribution is 2.16. The van der Waals surface area contributed by atoms with Gasteiger partial charge in [-0.1, -0.05) is 0 Å². The van der Waals surface area contributed by atoms with Gasteiger partial charge < -0.3 is 15.1 Å². The lowest BCUT2D eigenvalue weighted by Crippen LogP contribution is -2.33. The van der Waals surface area contributed by atoms with Gasteiger partial charge in [-0.25, -0.2) is 0 Å². The van der Waals surface area contributed by atoms with Gasteiger partial charge in [-0.3, -0.25) is 9.78 Å². The van der Waals surface area contributed by atoms with E-state index in [0.29, 0.717) is 12.1 Å². The average Bonchev–Trinajstić information content (AvgIpc) is 2.34. The van der Waals surface area contributed by atoms with Crippen molar-refractivity contribution >= 4 is 11.6 Å². The second-order valence-electron chi connectivity index (χ2n) is 4.65. The van der Waals surface area contributed by atoms with E-state index in [0.717, 1.165) is 17.9 Å². The first-order chi connectivity index (χ1) is 8.45. The summed E-state index contributed by atoms with van der Waals surface area (Å²) in [6.45, 7) is 3.45. The fraction of sp³-hybridized carbons (Fsp3) is 0.538. The number of carbonyl (C=O) groups is 1. The van der Waals surface area contributed by atoms with Gasteiger partial charge >= 0.3 is 0 Å². The molecule has 1 N–H and O–H groups in total. The molecule has 0 aromatic carbocycles. The van der Waals surface area contributed by atoms with Crippen LogP contribution in [0.15, 0.2) is 12.3 Å². The monoisotopic (exact) mass is 250 g/mol. The lowest BCUT2D eigenvalue weighted by atomic mass is 10.2. The lowest BCUT2D eigenvalue weighted by molar-refractivity contribution is 0.0787. The summed E-state index contributed by atoms with van der Waals surface area (Å²) in [4.78, 5) is 20.2. The van der Waals surface area contributed by atoms with Crippen LogP contribution in [0.25, 0.3) is 0 Å². The van der Waals surface area contributed by atoms with Crippen LogP contribution in [0.1, 0.15) is 16.1 Å². The third-order valence-electron chi connectivity index (χ3n) is 2.77. The summed E-state index contributed by atoms with van der Waals surface area (Å²) >= 11 is 0. The lowest BCUT2D eigenvalue weighted by Gasteiger charge is -2.20. The standard InChI is InChI=1S/C13H22N4O/c1-10-8-12(14-2)11(9-15-10)13(18)17(5)7-6-16(3)4/h8-9H,6-7H2,1-5H3,(H,14,15). The number of nitrogens with one attached hydrogen (secondary N) is 1. The molecule has 0 saturated heterocycles. The average molecular weight is 250 g/mol. The molecule has 0 atom stereocenters. The molecule has 18 heavy (non-hydrogen) atoms. The summed E-state index contributed by atoms with van der Waals surface area (Å²) in [6.07, 6.45) is 1.63. The van der Waals surface area contributed by atoms with E-state index in [-0.39, 0.29) is 5.91 Å². The Balaban J connectivity index is 2.83. The molecule has 5 heteroatoms. The summed E-state index contributed by atoms with van der Waals surface area (Å²) < 4.78 is 0. The van der Waals surface area contributed by atoms with Crippen LogP contribution in [-0.2, 0) is 0 Å². The van der Waals surface area contributed by atoms with E-state index in [1.165, 1.54) is 0 Å². The van der Waals surface area contributed by atoms with E-state index in [1.54, 1.807) is 11.1 Å². The van der Waals surface area contributed by atoms with Crippen molar-refractivity contribution in [2.75, 3.05) is 46.6 Å². The Hall–Kier alpha value is -1.62. The van der Waals surface area contributed by atoms with Gasteiger partial charge in [0.25, 0.3) is 5.91 Å². The summed E-state index contributed by atoms with van der Waals surface area (Å²) in [5, 5.41) is 3.04. The Kier molecular flexibility index (Phi) is 5.09. The zero-order chi connectivity index (χ0) is 13.7. The third-order valence-corrected chi connectivity index (χ3v) is 2.77. The fourth-order valence-electron chi connectivity index (χ4n) is 1.59. The number of nitrogens with zero attached hydrogens (tertiary/aromatic N) is 3. The van der Waals surface area contributed by atoms with Crippen molar-refractivity contribution in [2.24, 2.45) is 0 Å². The molecule has 100 valence electrons. The molecule has 1 heterocycles. The van der Waals surface area contributed by atoms with Gasteiger partial charge in [-0.2, -0.15) is 0 Å². The van der Waals surface area contributed by atoms with E-state index >= 15 is 0 Å². The molecular formula is C13H22N4O. The largest absolute Gasteiger partial charge is 0.387 e. The second kappa shape index (κ2) is 6.35. The predicted octanol–water partition coefficient (Wildman–Crippen LogP) is 1.07. The van der Waals surface area contributed by atoms with Gasteiger partial charge in [-0.05, 0) is 27.1 Å². The molecule has 0 bridgehead atoms. The van der Waals surface area contributed by atoms with Crippen molar-refractivity contribution in [3.63, 3.8) is 0 Å². The number of aryl methyl sites for hydroxylation is 1. The number of amides is 1. The highest BCUT2D eigenvalue weighted by molar-refractivity contribution is 5.99. The van der Waals surface area contributed by atoms with E-state index in [4.69, 9.17) is 0 Å². The van der Waals surface area contributed by atoms with Crippen LogP contribution in [0.4, 0.5) is 5.69 Å². The Bertz CT molecular complexity index is 417. The first-order valence-corrected chi connectivity index (χ1v) is 6.00. The minimum atomic E-state index is -0.00583. The summed E-state index contributed by atoms with van der Waals surface area (Å²) in [6, 6.07) is 1.88. The van der Waals surface area contributed by atoms with E-state index in [9.17, 15) is 4.79 Å². The number of likely N-dealkylation sites (N-methyl/N-ethyl adjacent to an activating group) is 2. The summed E-state index contributed by atoms with van der Waals surface area (Å²) in [5.74, 6) is -0.00583. The van der Waals surface area contributed by atoms with Crippen molar-refractivity contribution < 1.29 is 4.79 Å². The molecule has 1 aromatic heterocycles. The molecule has 0 aliphatic rings. The zero-order valence-corrected chi connectivity index (χ0v) is 11.8. The van der Waals surface area contributed by atoms with Crippen LogP contribution >= 0.6 is 0 Å². The third kappa shape index (κ3) is 3.70. The number of pyridine rings is 1. The number of anilines is 1. The molecule has 5 nitrogen and oxygen atoms in total. The molecule has 0 fully saturated rings. The minimum Gasteiger partial charge on any atom is -0.387 e. The van der Waals surface area contributed by atoms with Crippen LogP contribution in [0.2, 0.25) is 0 Å². The Labute approximate surface area is 109 Å².